The van der Waals surface area contributed by atoms with E-state index < -0.39 is 6.09 Å². The van der Waals surface area contributed by atoms with Crippen LogP contribution in [0.2, 0.25) is 0 Å². The highest BCUT2D eigenvalue weighted by Gasteiger charge is 2.16. The van der Waals surface area contributed by atoms with Gasteiger partial charge >= 0.3 is 6.09 Å². The Morgan fingerprint density at radius 2 is 2.14 bits per heavy atom. The van der Waals surface area contributed by atoms with Gasteiger partial charge in [-0.2, -0.15) is 0 Å². The Bertz CT molecular complexity index is 580. The largest absolute Gasteiger partial charge is 0.450 e. The number of halogens is 1. The summed E-state index contributed by atoms with van der Waals surface area (Å²) in [5.74, 6) is -0.0617. The number of rotatable bonds is 4. The number of hydrogen-bond acceptors (Lipinski definition) is 5. The highest BCUT2D eigenvalue weighted by Crippen LogP contribution is 2.18. The number of nitrogens with zero attached hydrogens (tertiary/aromatic N) is 1. The number of anilines is 1. The summed E-state index contributed by atoms with van der Waals surface area (Å²) in [7, 11) is 0. The second kappa shape index (κ2) is 8.64. The van der Waals surface area contributed by atoms with E-state index in [4.69, 9.17) is 17.0 Å². The molecular weight excluding hydrogens is 372 g/mol. The summed E-state index contributed by atoms with van der Waals surface area (Å²) in [6.07, 6.45) is 0.840. The molecule has 1 aromatic rings. The fourth-order valence-electron chi connectivity index (χ4n) is 1.45. The van der Waals surface area contributed by atoms with Crippen molar-refractivity contribution in [3.8, 4) is 0 Å². The Morgan fingerprint density at radius 1 is 1.45 bits per heavy atom. The fraction of sp³-hybridized carbons (Fsp3) is 0.385. The average molecular weight is 389 g/mol. The number of ether oxygens (including phenoxy) is 1. The molecule has 9 heteroatoms. The van der Waals surface area contributed by atoms with Gasteiger partial charge in [-0.05, 0) is 55.0 Å². The van der Waals surface area contributed by atoms with Crippen LogP contribution >= 0.6 is 28.1 Å². The van der Waals surface area contributed by atoms with Gasteiger partial charge in [-0.1, -0.05) is 0 Å². The van der Waals surface area contributed by atoms with E-state index in [0.717, 1.165) is 0 Å². The van der Waals surface area contributed by atoms with Gasteiger partial charge in [-0.3, -0.25) is 10.1 Å². The van der Waals surface area contributed by atoms with Crippen LogP contribution in [-0.2, 0) is 4.74 Å². The van der Waals surface area contributed by atoms with Crippen LogP contribution in [0, 0.1) is 0 Å². The van der Waals surface area contributed by atoms with E-state index in [1.165, 1.54) is 6.20 Å². The van der Waals surface area contributed by atoms with Crippen molar-refractivity contribution in [2.75, 3.05) is 11.9 Å². The number of amides is 2. The van der Waals surface area contributed by atoms with Crippen LogP contribution in [0.5, 0.6) is 0 Å². The van der Waals surface area contributed by atoms with E-state index in [-0.39, 0.29) is 29.5 Å². The van der Waals surface area contributed by atoms with Crippen molar-refractivity contribution in [2.45, 2.75) is 26.8 Å². The summed E-state index contributed by atoms with van der Waals surface area (Å²) in [5, 5.41) is 7.79. The second-order valence-electron chi connectivity index (χ2n) is 4.48. The fourth-order valence-corrected chi connectivity index (χ4v) is 1.96. The lowest BCUT2D eigenvalue weighted by atomic mass is 10.2. The molecule has 0 fully saturated rings. The quantitative estimate of drug-likeness (QED) is 0.685. The molecule has 120 valence electrons. The molecule has 0 atom stereocenters. The van der Waals surface area contributed by atoms with Crippen molar-refractivity contribution in [3.63, 3.8) is 0 Å². The molecule has 0 saturated carbocycles. The molecule has 1 heterocycles. The summed E-state index contributed by atoms with van der Waals surface area (Å²) in [5.41, 5.74) is 0.302. The van der Waals surface area contributed by atoms with Crippen LogP contribution in [-0.4, -0.2) is 34.7 Å². The van der Waals surface area contributed by atoms with Crippen LogP contribution in [0.4, 0.5) is 10.6 Å². The van der Waals surface area contributed by atoms with E-state index in [2.05, 4.69) is 36.9 Å². The maximum absolute atomic E-state index is 12.2. The number of aromatic nitrogens is 1. The SMILES string of the molecule is CCOC(=O)NC(=S)Nc1ncc(Br)cc1C(=O)NC(C)C. The minimum Gasteiger partial charge on any atom is -0.450 e. The third-order valence-electron chi connectivity index (χ3n) is 2.24. The van der Waals surface area contributed by atoms with Crippen molar-refractivity contribution in [3.05, 3.63) is 22.3 Å². The maximum atomic E-state index is 12.2. The third kappa shape index (κ3) is 5.94. The first-order valence-corrected chi connectivity index (χ1v) is 7.74. The molecule has 0 aliphatic rings. The molecule has 0 spiro atoms. The van der Waals surface area contributed by atoms with Crippen LogP contribution in [0.25, 0.3) is 0 Å². The minimum absolute atomic E-state index is 0.00753. The second-order valence-corrected chi connectivity index (χ2v) is 5.80. The number of hydrogen-bond donors (Lipinski definition) is 3. The van der Waals surface area contributed by atoms with Gasteiger partial charge in [0, 0.05) is 16.7 Å². The molecule has 0 aliphatic carbocycles. The Labute approximate surface area is 142 Å². The molecular formula is C13H17BrN4O3S. The third-order valence-corrected chi connectivity index (χ3v) is 2.88. The lowest BCUT2D eigenvalue weighted by Crippen LogP contribution is -2.36. The van der Waals surface area contributed by atoms with Gasteiger partial charge in [0.1, 0.15) is 5.82 Å². The predicted molar refractivity (Wildman–Crippen MR) is 90.9 cm³/mol. The molecule has 1 aromatic heterocycles. The van der Waals surface area contributed by atoms with Crippen molar-refractivity contribution in [2.24, 2.45) is 0 Å². The summed E-state index contributed by atoms with van der Waals surface area (Å²) < 4.78 is 5.36. The number of carbonyl (C=O) groups excluding carboxylic acids is 2. The van der Waals surface area contributed by atoms with E-state index in [1.807, 2.05) is 13.8 Å². The van der Waals surface area contributed by atoms with Crippen molar-refractivity contribution in [1.82, 2.24) is 15.6 Å². The first-order valence-electron chi connectivity index (χ1n) is 6.54. The van der Waals surface area contributed by atoms with E-state index >= 15 is 0 Å². The summed E-state index contributed by atoms with van der Waals surface area (Å²) in [4.78, 5) is 27.6. The smallest absolute Gasteiger partial charge is 0.413 e. The number of alkyl carbamates (subject to hydrolysis) is 1. The van der Waals surface area contributed by atoms with E-state index in [1.54, 1.807) is 13.0 Å². The van der Waals surface area contributed by atoms with Gasteiger partial charge in [0.2, 0.25) is 0 Å². The van der Waals surface area contributed by atoms with Crippen molar-refractivity contribution < 1.29 is 14.3 Å². The molecule has 1 rings (SSSR count). The van der Waals surface area contributed by atoms with Gasteiger partial charge in [-0.15, -0.1) is 0 Å². The predicted octanol–water partition coefficient (Wildman–Crippen LogP) is 2.43. The molecule has 0 aromatic carbocycles. The monoisotopic (exact) mass is 388 g/mol. The number of carbonyl (C=O) groups is 2. The Balaban J connectivity index is 2.88. The summed E-state index contributed by atoms with van der Waals surface area (Å²) in [6.45, 7) is 5.61. The van der Waals surface area contributed by atoms with Crippen LogP contribution in [0.3, 0.4) is 0 Å². The van der Waals surface area contributed by atoms with Gasteiger partial charge in [0.05, 0.1) is 12.2 Å². The van der Waals surface area contributed by atoms with Crippen molar-refractivity contribution in [1.29, 1.82) is 0 Å². The van der Waals surface area contributed by atoms with Crippen LogP contribution in [0.15, 0.2) is 16.7 Å². The molecule has 0 saturated heterocycles. The summed E-state index contributed by atoms with van der Waals surface area (Å²) in [6, 6.07) is 1.59. The molecule has 22 heavy (non-hydrogen) atoms. The van der Waals surface area contributed by atoms with Gasteiger partial charge in [0.15, 0.2) is 5.11 Å². The van der Waals surface area contributed by atoms with Crippen LogP contribution < -0.4 is 16.0 Å². The number of pyridine rings is 1. The molecule has 3 N–H and O–H groups in total. The molecule has 0 unspecified atom stereocenters. The van der Waals surface area contributed by atoms with E-state index in [9.17, 15) is 9.59 Å². The molecule has 0 radical (unpaired) electrons. The molecule has 0 bridgehead atoms. The Morgan fingerprint density at radius 3 is 2.73 bits per heavy atom. The highest BCUT2D eigenvalue weighted by atomic mass is 79.9. The molecule has 2 amide bonds. The standard InChI is InChI=1S/C13H17BrN4O3S/c1-4-21-13(20)18-12(22)17-10-9(5-8(14)6-15-10)11(19)16-7(2)3/h5-7H,4H2,1-3H3,(H,16,19)(H2,15,17,18,20,22). The first-order chi connectivity index (χ1) is 10.3. The van der Waals surface area contributed by atoms with Gasteiger partial charge in [-0.25, -0.2) is 9.78 Å². The maximum Gasteiger partial charge on any atom is 0.413 e. The molecule has 7 nitrogen and oxygen atoms in total. The van der Waals surface area contributed by atoms with Crippen LogP contribution in [0.1, 0.15) is 31.1 Å². The zero-order valence-electron chi connectivity index (χ0n) is 12.4. The lowest BCUT2D eigenvalue weighted by molar-refractivity contribution is 0.0943. The normalized spacial score (nSPS) is 10.0. The minimum atomic E-state index is -0.676. The Kier molecular flexibility index (Phi) is 7.19. The zero-order valence-corrected chi connectivity index (χ0v) is 14.8. The first kappa shape index (κ1) is 18.3. The number of thiocarbonyl (C=S) groups is 1. The van der Waals surface area contributed by atoms with Crippen molar-refractivity contribution >= 4 is 51.1 Å². The van der Waals surface area contributed by atoms with Gasteiger partial charge in [0.25, 0.3) is 5.91 Å². The zero-order chi connectivity index (χ0) is 16.7. The van der Waals surface area contributed by atoms with E-state index in [0.29, 0.717) is 10.0 Å². The topological polar surface area (TPSA) is 92.3 Å². The van der Waals surface area contributed by atoms with Gasteiger partial charge < -0.3 is 15.4 Å². The lowest BCUT2D eigenvalue weighted by Gasteiger charge is -2.14. The Hall–Kier alpha value is -1.74. The summed E-state index contributed by atoms with van der Waals surface area (Å²) >= 11 is 8.25. The highest BCUT2D eigenvalue weighted by molar-refractivity contribution is 9.10. The number of nitrogens with one attached hydrogen (secondary N) is 3. The average Bonchev–Trinajstić information content (AvgIpc) is 2.40. The molecule has 0 aliphatic heterocycles.